The highest BCUT2D eigenvalue weighted by Crippen LogP contribution is 2.53. The van der Waals surface area contributed by atoms with E-state index in [1.165, 1.54) is 22.8 Å². The first-order valence-electron chi connectivity index (χ1n) is 23.9. The van der Waals surface area contributed by atoms with Crippen LogP contribution in [0.15, 0.2) is 128 Å². The summed E-state index contributed by atoms with van der Waals surface area (Å²) in [6, 6.07) is 40.0. The minimum atomic E-state index is -4.59. The van der Waals surface area contributed by atoms with E-state index < -0.39 is 11.7 Å². The maximum Gasteiger partial charge on any atom is 0.416 e. The van der Waals surface area contributed by atoms with E-state index in [2.05, 4.69) is 160 Å². The fourth-order valence-corrected chi connectivity index (χ4v) is 9.82. The van der Waals surface area contributed by atoms with Gasteiger partial charge in [-0.3, -0.25) is 4.57 Å². The zero-order valence-corrected chi connectivity index (χ0v) is 41.7. The van der Waals surface area contributed by atoms with Gasteiger partial charge in [-0.1, -0.05) is 138 Å². The fraction of sp³-hybridized carbons (Fsp3) is 0.295. The average molecular weight is 921 g/mol. The van der Waals surface area contributed by atoms with Gasteiger partial charge in [0.15, 0.2) is 0 Å². The third kappa shape index (κ3) is 8.36. The summed E-state index contributed by atoms with van der Waals surface area (Å²) in [6.07, 6.45) is -2.24. The maximum absolute atomic E-state index is 14.9. The molecule has 0 unspecified atom stereocenters. The standard InChI is InChI=1S/C61H59F3N4O/c1-57(2,3)33-35-25-48-52-51(26-35)69-55-43-23-21-39(61(62,63)64)31-45(43)46(32-47(55)54(52)66-34-65-48)42-19-16-20-50-53(42)67-56(37-27-40(59(7,8)9)29-41(28-37)60(10,11)12)68(50)49-24-22-38(58(4,5)6)30-44(49)36-17-14-13-15-18-36/h13-32,34H,33H2,1-12H3. The monoisotopic (exact) mass is 920 g/mol. The van der Waals surface area contributed by atoms with Gasteiger partial charge in [0.05, 0.1) is 38.9 Å². The Morgan fingerprint density at radius 3 is 1.87 bits per heavy atom. The van der Waals surface area contributed by atoms with Gasteiger partial charge in [-0.15, -0.1) is 0 Å². The van der Waals surface area contributed by atoms with Gasteiger partial charge in [0.25, 0.3) is 0 Å². The van der Waals surface area contributed by atoms with Crippen molar-refractivity contribution in [3.63, 3.8) is 0 Å². The molecule has 0 fully saturated rings. The molecule has 1 aliphatic rings. The third-order valence-corrected chi connectivity index (χ3v) is 13.5. The van der Waals surface area contributed by atoms with Gasteiger partial charge >= 0.3 is 6.18 Å². The van der Waals surface area contributed by atoms with Crippen molar-refractivity contribution in [3.8, 4) is 62.1 Å². The number of nitrogens with zero attached hydrogens (tertiary/aromatic N) is 4. The lowest BCUT2D eigenvalue weighted by Gasteiger charge is -2.26. The first-order chi connectivity index (χ1) is 32.3. The molecule has 5 nitrogen and oxygen atoms in total. The number of hydrogen-bond acceptors (Lipinski definition) is 4. The maximum atomic E-state index is 14.9. The zero-order chi connectivity index (χ0) is 49.2. The molecule has 10 rings (SSSR count). The number of ether oxygens (including phenoxy) is 1. The van der Waals surface area contributed by atoms with Gasteiger partial charge in [-0.05, 0) is 134 Å². The Morgan fingerprint density at radius 1 is 0.536 bits per heavy atom. The van der Waals surface area contributed by atoms with Crippen molar-refractivity contribution in [2.24, 2.45) is 5.41 Å². The first-order valence-corrected chi connectivity index (χ1v) is 23.9. The van der Waals surface area contributed by atoms with Crippen LogP contribution in [0.1, 0.15) is 111 Å². The summed E-state index contributed by atoms with van der Waals surface area (Å²) in [6.45, 7) is 26.6. The van der Waals surface area contributed by atoms with Gasteiger partial charge in [-0.25, -0.2) is 15.0 Å². The van der Waals surface area contributed by atoms with E-state index in [9.17, 15) is 13.2 Å². The van der Waals surface area contributed by atoms with Gasteiger partial charge in [-0.2, -0.15) is 13.2 Å². The molecular formula is C61H59F3N4O. The minimum absolute atomic E-state index is 0.00441. The second kappa shape index (κ2) is 15.9. The Hall–Kier alpha value is -6.80. The Bertz CT molecular complexity index is 3490. The number of rotatable bonds is 5. The van der Waals surface area contributed by atoms with Crippen LogP contribution in [-0.4, -0.2) is 19.5 Å². The van der Waals surface area contributed by atoms with Crippen LogP contribution in [-0.2, 0) is 28.8 Å². The average Bonchev–Trinajstić information content (AvgIpc) is 3.67. The Labute approximate surface area is 403 Å². The predicted molar refractivity (Wildman–Crippen MR) is 278 cm³/mol. The number of hydrogen-bond donors (Lipinski definition) is 0. The molecule has 3 heterocycles. The molecule has 0 spiro atoms. The molecule has 1 aliphatic heterocycles. The number of aromatic nitrogens is 4. The Morgan fingerprint density at radius 2 is 1.22 bits per heavy atom. The van der Waals surface area contributed by atoms with E-state index in [-0.39, 0.29) is 21.7 Å². The molecule has 350 valence electrons. The van der Waals surface area contributed by atoms with Crippen molar-refractivity contribution >= 4 is 32.7 Å². The molecule has 0 saturated heterocycles. The topological polar surface area (TPSA) is 52.8 Å². The van der Waals surface area contributed by atoms with Crippen LogP contribution in [0.3, 0.4) is 0 Å². The predicted octanol–water partition coefficient (Wildman–Crippen LogP) is 17.4. The van der Waals surface area contributed by atoms with Crippen molar-refractivity contribution in [1.29, 1.82) is 0 Å². The third-order valence-electron chi connectivity index (χ3n) is 13.5. The van der Waals surface area contributed by atoms with Crippen molar-refractivity contribution in [2.75, 3.05) is 0 Å². The summed E-state index contributed by atoms with van der Waals surface area (Å²) in [4.78, 5) is 15.2. The van der Waals surface area contributed by atoms with Crippen LogP contribution in [0.4, 0.5) is 13.2 Å². The number of fused-ring (bicyclic) bond motifs is 5. The quantitative estimate of drug-likeness (QED) is 0.173. The highest BCUT2D eigenvalue weighted by atomic mass is 19.4. The fourth-order valence-electron chi connectivity index (χ4n) is 9.82. The number of imidazole rings is 1. The first kappa shape index (κ1) is 46.0. The highest BCUT2D eigenvalue weighted by molar-refractivity contribution is 6.13. The van der Waals surface area contributed by atoms with Gasteiger partial charge < -0.3 is 4.74 Å². The van der Waals surface area contributed by atoms with Crippen molar-refractivity contribution in [1.82, 2.24) is 19.5 Å². The highest BCUT2D eigenvalue weighted by Gasteiger charge is 2.34. The lowest BCUT2D eigenvalue weighted by atomic mass is 9.79. The summed E-state index contributed by atoms with van der Waals surface area (Å²) in [5, 5.41) is 1.71. The summed E-state index contributed by atoms with van der Waals surface area (Å²) >= 11 is 0. The molecule has 0 amide bonds. The van der Waals surface area contributed by atoms with E-state index in [1.807, 2.05) is 30.3 Å². The molecule has 8 heteroatoms. The summed E-state index contributed by atoms with van der Waals surface area (Å²) in [5.41, 5.74) is 12.2. The van der Waals surface area contributed by atoms with Gasteiger partial charge in [0.2, 0.25) is 0 Å². The van der Waals surface area contributed by atoms with E-state index in [0.717, 1.165) is 62.7 Å². The molecule has 0 aliphatic carbocycles. The van der Waals surface area contributed by atoms with Crippen molar-refractivity contribution in [3.05, 3.63) is 155 Å². The Kier molecular flexibility index (Phi) is 10.6. The second-order valence-electron chi connectivity index (χ2n) is 23.2. The van der Waals surface area contributed by atoms with E-state index >= 15 is 0 Å². The number of para-hydroxylation sites is 1. The van der Waals surface area contributed by atoms with E-state index in [4.69, 9.17) is 19.7 Å². The van der Waals surface area contributed by atoms with Crippen LogP contribution >= 0.6 is 0 Å². The molecule has 0 radical (unpaired) electrons. The summed E-state index contributed by atoms with van der Waals surface area (Å²) < 4.78 is 53.7. The van der Waals surface area contributed by atoms with E-state index in [0.29, 0.717) is 50.2 Å². The van der Waals surface area contributed by atoms with Gasteiger partial charge in [0.1, 0.15) is 23.7 Å². The molecule has 7 aromatic carbocycles. The summed E-state index contributed by atoms with van der Waals surface area (Å²) in [7, 11) is 0. The number of halogens is 3. The van der Waals surface area contributed by atoms with Crippen LogP contribution < -0.4 is 4.74 Å². The molecular weight excluding hydrogens is 862 g/mol. The normalized spacial score (nSPS) is 13.3. The second-order valence-corrected chi connectivity index (χ2v) is 23.2. The molecule has 69 heavy (non-hydrogen) atoms. The number of alkyl halides is 3. The number of benzene rings is 7. The lowest BCUT2D eigenvalue weighted by Crippen LogP contribution is -2.17. The summed E-state index contributed by atoms with van der Waals surface area (Å²) in [5.74, 6) is 1.78. The van der Waals surface area contributed by atoms with Crippen molar-refractivity contribution < 1.29 is 17.9 Å². The van der Waals surface area contributed by atoms with E-state index in [1.54, 1.807) is 12.4 Å². The molecule has 0 bridgehead atoms. The SMILES string of the molecule is CC(C)(C)Cc1cc2c3c(ncnc3c1)-c1cc(-c3cccc4c3nc(-c3cc(C(C)(C)C)cc(C(C)(C)C)c3)n4-c3ccc(C(C)(C)C)cc3-c3ccccc3)c3cc(C(F)(F)F)ccc3c1O2. The molecule has 9 aromatic rings. The van der Waals surface area contributed by atoms with Crippen LogP contribution in [0.25, 0.3) is 83.3 Å². The minimum Gasteiger partial charge on any atom is -0.455 e. The molecule has 2 aromatic heterocycles. The van der Waals surface area contributed by atoms with Crippen LogP contribution in [0, 0.1) is 5.41 Å². The van der Waals surface area contributed by atoms with Crippen LogP contribution in [0.5, 0.6) is 11.5 Å². The molecule has 0 N–H and O–H groups in total. The zero-order valence-electron chi connectivity index (χ0n) is 41.7. The smallest absolute Gasteiger partial charge is 0.416 e. The molecule has 0 atom stereocenters. The van der Waals surface area contributed by atoms with Gasteiger partial charge in [0, 0.05) is 27.6 Å². The van der Waals surface area contributed by atoms with Crippen molar-refractivity contribution in [2.45, 2.75) is 112 Å². The van der Waals surface area contributed by atoms with Crippen LogP contribution in [0.2, 0.25) is 0 Å². The largest absolute Gasteiger partial charge is 0.455 e. The Balaban J connectivity index is 1.32. The molecule has 0 saturated carbocycles. The lowest BCUT2D eigenvalue weighted by molar-refractivity contribution is -0.137.